The lowest BCUT2D eigenvalue weighted by molar-refractivity contribution is 0.556. The quantitative estimate of drug-likeness (QED) is 0.678. The van der Waals surface area contributed by atoms with Gasteiger partial charge in [0.05, 0.1) is 0 Å². The number of rotatable bonds is 4. The minimum absolute atomic E-state index is 0.810. The summed E-state index contributed by atoms with van der Waals surface area (Å²) in [4.78, 5) is 0. The van der Waals surface area contributed by atoms with Gasteiger partial charge in [0.1, 0.15) is 0 Å². The molecule has 0 heteroatoms. The predicted molar refractivity (Wildman–Crippen MR) is 76.5 cm³/mol. The molecule has 0 radical (unpaired) electrons. The molecule has 0 amide bonds. The van der Waals surface area contributed by atoms with E-state index in [0.717, 1.165) is 5.92 Å². The van der Waals surface area contributed by atoms with Crippen molar-refractivity contribution in [2.24, 2.45) is 5.92 Å². The standard InChI is InChI=1S/C17H22/c1-13(2)7-6-10-16-14(3)11-12-15-8-4-5-9-17(15)16/h4-5,8-9,11-13H,6-7,10H2,1-3H3. The Hall–Kier alpha value is -1.30. The average molecular weight is 226 g/mol. The van der Waals surface area contributed by atoms with Crippen molar-refractivity contribution in [2.45, 2.75) is 40.0 Å². The zero-order valence-electron chi connectivity index (χ0n) is 11.2. The van der Waals surface area contributed by atoms with Crippen LogP contribution in [-0.4, -0.2) is 0 Å². The fraction of sp³-hybridized carbons (Fsp3) is 0.412. The molecule has 0 aliphatic rings. The first-order chi connectivity index (χ1) is 8.18. The normalized spacial score (nSPS) is 11.3. The largest absolute Gasteiger partial charge is 0.0628 e. The molecule has 0 aliphatic heterocycles. The van der Waals surface area contributed by atoms with E-state index in [0.29, 0.717) is 0 Å². The molecule has 0 aromatic heterocycles. The average Bonchev–Trinajstić information content (AvgIpc) is 2.32. The second-order valence-corrected chi connectivity index (χ2v) is 5.37. The first-order valence-corrected chi connectivity index (χ1v) is 6.65. The van der Waals surface area contributed by atoms with Crippen molar-refractivity contribution in [3.05, 3.63) is 47.5 Å². The summed E-state index contributed by atoms with van der Waals surface area (Å²) in [6, 6.07) is 13.2. The van der Waals surface area contributed by atoms with E-state index in [9.17, 15) is 0 Å². The molecule has 2 aromatic rings. The maximum absolute atomic E-state index is 2.30. The number of hydrogen-bond acceptors (Lipinski definition) is 0. The van der Waals surface area contributed by atoms with Gasteiger partial charge in [-0.15, -0.1) is 0 Å². The molecular formula is C17H22. The third-order valence-corrected chi connectivity index (χ3v) is 3.48. The SMILES string of the molecule is Cc1ccc2ccccc2c1CCCC(C)C. The van der Waals surface area contributed by atoms with Crippen LogP contribution in [-0.2, 0) is 6.42 Å². The monoisotopic (exact) mass is 226 g/mol. The van der Waals surface area contributed by atoms with Gasteiger partial charge in [-0.3, -0.25) is 0 Å². The van der Waals surface area contributed by atoms with Crippen LogP contribution in [0.2, 0.25) is 0 Å². The molecule has 17 heavy (non-hydrogen) atoms. The van der Waals surface area contributed by atoms with Gasteiger partial charge >= 0.3 is 0 Å². The van der Waals surface area contributed by atoms with Gasteiger partial charge in [0.2, 0.25) is 0 Å². The van der Waals surface area contributed by atoms with Gasteiger partial charge in [0, 0.05) is 0 Å². The Labute approximate surface area is 105 Å². The van der Waals surface area contributed by atoms with Gasteiger partial charge < -0.3 is 0 Å². The minimum Gasteiger partial charge on any atom is -0.0628 e. The first-order valence-electron chi connectivity index (χ1n) is 6.65. The van der Waals surface area contributed by atoms with Crippen LogP contribution in [0.1, 0.15) is 37.8 Å². The maximum atomic E-state index is 2.30. The molecule has 0 bridgehead atoms. The van der Waals surface area contributed by atoms with E-state index in [4.69, 9.17) is 0 Å². The van der Waals surface area contributed by atoms with Gasteiger partial charge in [0.25, 0.3) is 0 Å². The molecule has 0 spiro atoms. The second-order valence-electron chi connectivity index (χ2n) is 5.37. The highest BCUT2D eigenvalue weighted by atomic mass is 14.1. The van der Waals surface area contributed by atoms with Crippen molar-refractivity contribution < 1.29 is 0 Å². The molecule has 0 unspecified atom stereocenters. The fourth-order valence-corrected chi connectivity index (χ4v) is 2.46. The third-order valence-electron chi connectivity index (χ3n) is 3.48. The molecular weight excluding hydrogens is 204 g/mol. The van der Waals surface area contributed by atoms with Gasteiger partial charge in [-0.05, 0) is 47.6 Å². The van der Waals surface area contributed by atoms with E-state index >= 15 is 0 Å². The molecule has 0 atom stereocenters. The summed E-state index contributed by atoms with van der Waals surface area (Å²) in [5.41, 5.74) is 2.98. The lowest BCUT2D eigenvalue weighted by atomic mass is 9.94. The molecule has 0 saturated carbocycles. The van der Waals surface area contributed by atoms with Crippen molar-refractivity contribution in [3.8, 4) is 0 Å². The molecule has 0 aliphatic carbocycles. The van der Waals surface area contributed by atoms with Gasteiger partial charge in [-0.1, -0.05) is 56.7 Å². The van der Waals surface area contributed by atoms with Crippen LogP contribution < -0.4 is 0 Å². The number of hydrogen-bond donors (Lipinski definition) is 0. The number of aryl methyl sites for hydroxylation is 2. The Morgan fingerprint density at radius 1 is 1.00 bits per heavy atom. The van der Waals surface area contributed by atoms with Crippen molar-refractivity contribution in [2.75, 3.05) is 0 Å². The number of fused-ring (bicyclic) bond motifs is 1. The molecule has 0 nitrogen and oxygen atoms in total. The van der Waals surface area contributed by atoms with Crippen LogP contribution in [0.15, 0.2) is 36.4 Å². The van der Waals surface area contributed by atoms with Gasteiger partial charge in [0.15, 0.2) is 0 Å². The summed E-state index contributed by atoms with van der Waals surface area (Å²) in [7, 11) is 0. The molecule has 90 valence electrons. The molecule has 0 fully saturated rings. The lowest BCUT2D eigenvalue weighted by Crippen LogP contribution is -1.94. The third kappa shape index (κ3) is 2.88. The molecule has 0 N–H and O–H groups in total. The number of benzene rings is 2. The van der Waals surface area contributed by atoms with Crippen molar-refractivity contribution in [1.29, 1.82) is 0 Å². The van der Waals surface area contributed by atoms with Crippen LogP contribution >= 0.6 is 0 Å². The van der Waals surface area contributed by atoms with E-state index < -0.39 is 0 Å². The van der Waals surface area contributed by atoms with E-state index in [-0.39, 0.29) is 0 Å². The fourth-order valence-electron chi connectivity index (χ4n) is 2.46. The Balaban J connectivity index is 2.28. The van der Waals surface area contributed by atoms with Crippen molar-refractivity contribution >= 4 is 10.8 Å². The van der Waals surface area contributed by atoms with Crippen LogP contribution in [0.25, 0.3) is 10.8 Å². The Morgan fingerprint density at radius 2 is 1.76 bits per heavy atom. The summed E-state index contributed by atoms with van der Waals surface area (Å²) in [6.07, 6.45) is 3.83. The molecule has 0 saturated heterocycles. The lowest BCUT2D eigenvalue weighted by Gasteiger charge is -2.11. The smallest absolute Gasteiger partial charge is 0.0149 e. The highest BCUT2D eigenvalue weighted by molar-refractivity contribution is 5.86. The molecule has 2 rings (SSSR count). The Kier molecular flexibility index (Phi) is 3.83. The van der Waals surface area contributed by atoms with Crippen LogP contribution in [0.4, 0.5) is 0 Å². The summed E-state index contributed by atoms with van der Waals surface area (Å²) >= 11 is 0. The zero-order valence-corrected chi connectivity index (χ0v) is 11.2. The van der Waals surface area contributed by atoms with Crippen LogP contribution in [0, 0.1) is 12.8 Å². The van der Waals surface area contributed by atoms with E-state index in [1.165, 1.54) is 35.6 Å². The van der Waals surface area contributed by atoms with Crippen LogP contribution in [0.5, 0.6) is 0 Å². The predicted octanol–water partition coefficient (Wildman–Crippen LogP) is 5.13. The van der Waals surface area contributed by atoms with Crippen molar-refractivity contribution in [3.63, 3.8) is 0 Å². The zero-order chi connectivity index (χ0) is 12.3. The topological polar surface area (TPSA) is 0 Å². The minimum atomic E-state index is 0.810. The highest BCUT2D eigenvalue weighted by Gasteiger charge is 2.04. The summed E-state index contributed by atoms with van der Waals surface area (Å²) in [6.45, 7) is 6.84. The van der Waals surface area contributed by atoms with Gasteiger partial charge in [-0.2, -0.15) is 0 Å². The van der Waals surface area contributed by atoms with Gasteiger partial charge in [-0.25, -0.2) is 0 Å². The van der Waals surface area contributed by atoms with Crippen LogP contribution in [0.3, 0.4) is 0 Å². The Bertz CT molecular complexity index is 494. The second kappa shape index (κ2) is 5.35. The highest BCUT2D eigenvalue weighted by Crippen LogP contribution is 2.24. The summed E-state index contributed by atoms with van der Waals surface area (Å²) in [5.74, 6) is 0.810. The van der Waals surface area contributed by atoms with E-state index in [1.807, 2.05) is 0 Å². The van der Waals surface area contributed by atoms with E-state index in [1.54, 1.807) is 5.56 Å². The van der Waals surface area contributed by atoms with Crippen molar-refractivity contribution in [1.82, 2.24) is 0 Å². The summed E-state index contributed by atoms with van der Waals surface area (Å²) in [5, 5.41) is 2.81. The summed E-state index contributed by atoms with van der Waals surface area (Å²) < 4.78 is 0. The molecule has 0 heterocycles. The first kappa shape index (κ1) is 12.2. The van der Waals surface area contributed by atoms with E-state index in [2.05, 4.69) is 57.2 Å². The maximum Gasteiger partial charge on any atom is -0.0149 e. The molecule has 2 aromatic carbocycles. The Morgan fingerprint density at radius 3 is 2.53 bits per heavy atom.